The van der Waals surface area contributed by atoms with Gasteiger partial charge in [0.15, 0.2) is 5.78 Å². The third-order valence-electron chi connectivity index (χ3n) is 3.81. The van der Waals surface area contributed by atoms with Crippen LogP contribution in [0.5, 0.6) is 0 Å². The first-order valence-corrected chi connectivity index (χ1v) is 10.7. The van der Waals surface area contributed by atoms with Crippen LogP contribution in [0.3, 0.4) is 0 Å². The zero-order valence-corrected chi connectivity index (χ0v) is 18.1. The summed E-state index contributed by atoms with van der Waals surface area (Å²) in [6, 6.07) is 22.5. The monoisotopic (exact) mass is 476 g/mol. The van der Waals surface area contributed by atoms with Crippen LogP contribution in [-0.4, -0.2) is 5.78 Å². The molecule has 3 rings (SSSR count). The lowest BCUT2D eigenvalue weighted by molar-refractivity contribution is 0.104. The molecule has 0 radical (unpaired) electrons. The summed E-state index contributed by atoms with van der Waals surface area (Å²) in [5.41, 5.74) is 2.69. The van der Waals surface area contributed by atoms with Crippen LogP contribution in [0.4, 0.5) is 0 Å². The maximum absolute atomic E-state index is 13.1. The number of carbonyl (C=O) groups is 1. The van der Waals surface area contributed by atoms with E-state index >= 15 is 0 Å². The number of hydrogen-bond acceptors (Lipinski definition) is 2. The molecule has 0 saturated heterocycles. The molecule has 0 saturated carbocycles. The van der Waals surface area contributed by atoms with Crippen molar-refractivity contribution < 1.29 is 4.79 Å². The minimum atomic E-state index is -0.00332. The Morgan fingerprint density at radius 1 is 0.852 bits per heavy atom. The minimum Gasteiger partial charge on any atom is -0.288 e. The fourth-order valence-corrected chi connectivity index (χ4v) is 3.87. The average molecular weight is 478 g/mol. The van der Waals surface area contributed by atoms with E-state index in [0.29, 0.717) is 26.3 Å². The standard InChI is InChI=1S/C22H15BrCl2OS/c23-18-7-5-17(6-8-18)22(26)21(13-15-1-9-19(24)10-2-15)27-14-16-3-11-20(25)12-4-16/h1-13H,14H2/b21-13+. The molecule has 0 fully saturated rings. The molecule has 136 valence electrons. The number of carbonyl (C=O) groups excluding carboxylic acids is 1. The van der Waals surface area contributed by atoms with Crippen LogP contribution in [0.15, 0.2) is 82.2 Å². The van der Waals surface area contributed by atoms with Crippen molar-refractivity contribution in [2.45, 2.75) is 5.75 Å². The van der Waals surface area contributed by atoms with Crippen molar-refractivity contribution in [3.63, 3.8) is 0 Å². The molecule has 0 bridgehead atoms. The van der Waals surface area contributed by atoms with Gasteiger partial charge in [-0.2, -0.15) is 0 Å². The van der Waals surface area contributed by atoms with Gasteiger partial charge in [0, 0.05) is 25.8 Å². The Morgan fingerprint density at radius 2 is 1.41 bits per heavy atom. The SMILES string of the molecule is O=C(/C(=C\c1ccc(Cl)cc1)SCc1ccc(Cl)cc1)c1ccc(Br)cc1. The third-order valence-corrected chi connectivity index (χ3v) is 5.93. The van der Waals surface area contributed by atoms with Crippen molar-refractivity contribution in [3.8, 4) is 0 Å². The molecule has 0 spiro atoms. The number of thioether (sulfide) groups is 1. The minimum absolute atomic E-state index is 0.00332. The van der Waals surface area contributed by atoms with Crippen LogP contribution >= 0.6 is 50.9 Å². The van der Waals surface area contributed by atoms with Crippen LogP contribution in [-0.2, 0) is 5.75 Å². The Kier molecular flexibility index (Phi) is 7.20. The molecule has 0 heterocycles. The summed E-state index contributed by atoms with van der Waals surface area (Å²) >= 11 is 16.8. The molecule has 5 heteroatoms. The lowest BCUT2D eigenvalue weighted by Crippen LogP contribution is -2.01. The van der Waals surface area contributed by atoms with E-state index < -0.39 is 0 Å². The Bertz CT molecular complexity index is 949. The van der Waals surface area contributed by atoms with Crippen molar-refractivity contribution >= 4 is 62.8 Å². The fourth-order valence-electron chi connectivity index (χ4n) is 2.37. The molecule has 0 aliphatic heterocycles. The quantitative estimate of drug-likeness (QED) is 0.265. The second kappa shape index (κ2) is 9.61. The number of Topliss-reactive ketones (excluding diaryl/α,β-unsaturated/α-hetero) is 1. The van der Waals surface area contributed by atoms with E-state index in [1.807, 2.05) is 78.9 Å². The van der Waals surface area contributed by atoms with Crippen molar-refractivity contribution in [2.75, 3.05) is 0 Å². The molecule has 3 aromatic carbocycles. The number of halogens is 3. The smallest absolute Gasteiger partial charge is 0.199 e. The van der Waals surface area contributed by atoms with Gasteiger partial charge in [-0.15, -0.1) is 11.8 Å². The number of rotatable bonds is 6. The summed E-state index contributed by atoms with van der Waals surface area (Å²) in [7, 11) is 0. The molecular weight excluding hydrogens is 463 g/mol. The van der Waals surface area contributed by atoms with Crippen LogP contribution in [0.25, 0.3) is 6.08 Å². The number of hydrogen-bond donors (Lipinski definition) is 0. The predicted octanol–water partition coefficient (Wildman–Crippen LogP) is 7.91. The maximum Gasteiger partial charge on any atom is 0.199 e. The molecule has 0 aliphatic rings. The van der Waals surface area contributed by atoms with Crippen molar-refractivity contribution in [2.24, 2.45) is 0 Å². The molecule has 0 unspecified atom stereocenters. The second-order valence-electron chi connectivity index (χ2n) is 5.81. The fraction of sp³-hybridized carbons (Fsp3) is 0.0455. The van der Waals surface area contributed by atoms with Gasteiger partial charge in [-0.1, -0.05) is 63.4 Å². The topological polar surface area (TPSA) is 17.1 Å². The zero-order valence-electron chi connectivity index (χ0n) is 14.2. The summed E-state index contributed by atoms with van der Waals surface area (Å²) in [5, 5.41) is 1.37. The van der Waals surface area contributed by atoms with Crippen molar-refractivity contribution in [1.82, 2.24) is 0 Å². The van der Waals surface area contributed by atoms with E-state index in [1.54, 1.807) is 0 Å². The van der Waals surface area contributed by atoms with Gasteiger partial charge in [-0.05, 0) is 65.7 Å². The Labute approximate surface area is 181 Å². The zero-order chi connectivity index (χ0) is 19.2. The summed E-state index contributed by atoms with van der Waals surface area (Å²) in [4.78, 5) is 13.7. The molecule has 3 aromatic rings. The molecule has 27 heavy (non-hydrogen) atoms. The van der Waals surface area contributed by atoms with E-state index in [9.17, 15) is 4.79 Å². The molecule has 0 aromatic heterocycles. The molecule has 0 aliphatic carbocycles. The van der Waals surface area contributed by atoms with Crippen LogP contribution < -0.4 is 0 Å². The first kappa shape index (κ1) is 20.2. The highest BCUT2D eigenvalue weighted by molar-refractivity contribution is 9.10. The lowest BCUT2D eigenvalue weighted by Gasteiger charge is -2.08. The van der Waals surface area contributed by atoms with Crippen LogP contribution in [0.1, 0.15) is 21.5 Å². The van der Waals surface area contributed by atoms with Gasteiger partial charge >= 0.3 is 0 Å². The van der Waals surface area contributed by atoms with Gasteiger partial charge < -0.3 is 0 Å². The summed E-state index contributed by atoms with van der Waals surface area (Å²) in [6.45, 7) is 0. The van der Waals surface area contributed by atoms with Crippen molar-refractivity contribution in [3.05, 3.63) is 109 Å². The van der Waals surface area contributed by atoms with Crippen LogP contribution in [0.2, 0.25) is 10.0 Å². The summed E-state index contributed by atoms with van der Waals surface area (Å²) in [6.07, 6.45) is 1.90. The van der Waals surface area contributed by atoms with Gasteiger partial charge in [0.1, 0.15) is 0 Å². The van der Waals surface area contributed by atoms with Gasteiger partial charge in [0.05, 0.1) is 4.91 Å². The average Bonchev–Trinajstić information content (AvgIpc) is 2.68. The highest BCUT2D eigenvalue weighted by atomic mass is 79.9. The summed E-state index contributed by atoms with van der Waals surface area (Å²) < 4.78 is 0.941. The number of ketones is 1. The Hall–Kier alpha value is -1.52. The highest BCUT2D eigenvalue weighted by Crippen LogP contribution is 2.28. The van der Waals surface area contributed by atoms with Gasteiger partial charge in [-0.3, -0.25) is 4.79 Å². The van der Waals surface area contributed by atoms with E-state index in [1.165, 1.54) is 11.8 Å². The largest absolute Gasteiger partial charge is 0.288 e. The van der Waals surface area contributed by atoms with E-state index in [0.717, 1.165) is 15.6 Å². The van der Waals surface area contributed by atoms with Crippen LogP contribution in [0, 0.1) is 0 Å². The lowest BCUT2D eigenvalue weighted by atomic mass is 10.1. The van der Waals surface area contributed by atoms with Gasteiger partial charge in [-0.25, -0.2) is 0 Å². The highest BCUT2D eigenvalue weighted by Gasteiger charge is 2.14. The Morgan fingerprint density at radius 3 is 2.00 bits per heavy atom. The third kappa shape index (κ3) is 5.98. The summed E-state index contributed by atoms with van der Waals surface area (Å²) in [5.74, 6) is 0.676. The molecular formula is C22H15BrCl2OS. The van der Waals surface area contributed by atoms with E-state index in [4.69, 9.17) is 23.2 Å². The molecule has 0 N–H and O–H groups in total. The first-order chi connectivity index (χ1) is 13.0. The molecule has 1 nitrogen and oxygen atoms in total. The number of benzene rings is 3. The van der Waals surface area contributed by atoms with Crippen molar-refractivity contribution in [1.29, 1.82) is 0 Å². The molecule has 0 atom stereocenters. The van der Waals surface area contributed by atoms with Gasteiger partial charge in [0.2, 0.25) is 0 Å². The van der Waals surface area contributed by atoms with E-state index in [-0.39, 0.29) is 5.78 Å². The van der Waals surface area contributed by atoms with Gasteiger partial charge in [0.25, 0.3) is 0 Å². The predicted molar refractivity (Wildman–Crippen MR) is 121 cm³/mol. The maximum atomic E-state index is 13.1. The first-order valence-electron chi connectivity index (χ1n) is 8.16. The van der Waals surface area contributed by atoms with E-state index in [2.05, 4.69) is 15.9 Å². The Balaban J connectivity index is 1.87. The number of allylic oxidation sites excluding steroid dienone is 1. The molecule has 0 amide bonds. The second-order valence-corrected chi connectivity index (χ2v) is 8.62. The normalized spacial score (nSPS) is 11.4.